The second kappa shape index (κ2) is 4.42. The lowest BCUT2D eigenvalue weighted by Crippen LogP contribution is -2.24. The maximum atomic E-state index is 12.0. The van der Waals surface area contributed by atoms with E-state index in [4.69, 9.17) is 10.2 Å². The van der Waals surface area contributed by atoms with Crippen molar-refractivity contribution in [3.8, 4) is 0 Å². The van der Waals surface area contributed by atoms with E-state index in [1.807, 2.05) is 0 Å². The molecule has 1 aliphatic rings. The minimum Gasteiger partial charge on any atom is -0.444 e. The van der Waals surface area contributed by atoms with Crippen LogP contribution in [0.25, 0.3) is 0 Å². The van der Waals surface area contributed by atoms with Gasteiger partial charge in [-0.15, -0.1) is 0 Å². The lowest BCUT2D eigenvalue weighted by molar-refractivity contribution is 0.0943. The number of aryl methyl sites for hydroxylation is 1. The molecule has 2 heterocycles. The van der Waals surface area contributed by atoms with Crippen molar-refractivity contribution in [1.82, 2.24) is 20.5 Å². The summed E-state index contributed by atoms with van der Waals surface area (Å²) in [4.78, 5) is 16.0. The van der Waals surface area contributed by atoms with E-state index in [2.05, 4.69) is 20.5 Å². The Kier molecular flexibility index (Phi) is 2.73. The van der Waals surface area contributed by atoms with Gasteiger partial charge in [0, 0.05) is 5.92 Å². The van der Waals surface area contributed by atoms with Crippen molar-refractivity contribution in [1.29, 1.82) is 0 Å². The van der Waals surface area contributed by atoms with Gasteiger partial charge in [0.1, 0.15) is 5.76 Å². The Morgan fingerprint density at radius 2 is 2.42 bits per heavy atom. The van der Waals surface area contributed by atoms with E-state index in [-0.39, 0.29) is 18.1 Å². The van der Waals surface area contributed by atoms with Crippen LogP contribution in [0.2, 0.25) is 0 Å². The fourth-order valence-corrected chi connectivity index (χ4v) is 1.94. The van der Waals surface area contributed by atoms with Crippen molar-refractivity contribution in [3.05, 3.63) is 29.2 Å². The third-order valence-electron chi connectivity index (χ3n) is 3.10. The molecule has 0 atom stereocenters. The van der Waals surface area contributed by atoms with Gasteiger partial charge in [0.05, 0.1) is 24.1 Å². The number of H-pyrrole nitrogens is 1. The van der Waals surface area contributed by atoms with Crippen molar-refractivity contribution >= 4 is 11.6 Å². The molecule has 3 rings (SSSR count). The molecule has 1 saturated carbocycles. The molecule has 0 spiro atoms. The van der Waals surface area contributed by atoms with E-state index in [0.29, 0.717) is 23.3 Å². The number of anilines is 1. The Morgan fingerprint density at radius 1 is 1.63 bits per heavy atom. The summed E-state index contributed by atoms with van der Waals surface area (Å²) in [5.74, 6) is 1.28. The minimum atomic E-state index is -0.323. The molecule has 19 heavy (non-hydrogen) atoms. The van der Waals surface area contributed by atoms with Crippen molar-refractivity contribution in [2.24, 2.45) is 0 Å². The summed E-state index contributed by atoms with van der Waals surface area (Å²) < 4.78 is 5.27. The van der Waals surface area contributed by atoms with Gasteiger partial charge < -0.3 is 15.5 Å². The number of carbonyl (C=O) groups excluding carboxylic acids is 1. The topological polar surface area (TPSA) is 110 Å². The van der Waals surface area contributed by atoms with Gasteiger partial charge in [-0.3, -0.25) is 9.89 Å². The number of amides is 1. The molecule has 7 nitrogen and oxygen atoms in total. The first-order chi connectivity index (χ1) is 9.15. The summed E-state index contributed by atoms with van der Waals surface area (Å²) >= 11 is 0. The molecule has 0 unspecified atom stereocenters. The molecule has 0 saturated heterocycles. The number of aromatic amines is 1. The van der Waals surface area contributed by atoms with Crippen LogP contribution < -0.4 is 11.1 Å². The highest BCUT2D eigenvalue weighted by Gasteiger charge is 2.30. The number of aromatic nitrogens is 3. The summed E-state index contributed by atoms with van der Waals surface area (Å²) in [5, 5.41) is 9.51. The van der Waals surface area contributed by atoms with E-state index in [1.165, 1.54) is 0 Å². The van der Waals surface area contributed by atoms with Gasteiger partial charge >= 0.3 is 0 Å². The number of nitrogen functional groups attached to an aromatic ring is 1. The van der Waals surface area contributed by atoms with Gasteiger partial charge in [-0.25, -0.2) is 4.98 Å². The average Bonchev–Trinajstić information content (AvgIpc) is 3.03. The monoisotopic (exact) mass is 261 g/mol. The van der Waals surface area contributed by atoms with Crippen LogP contribution in [0.1, 0.15) is 46.6 Å². The molecule has 0 radical (unpaired) electrons. The largest absolute Gasteiger partial charge is 0.444 e. The van der Waals surface area contributed by atoms with Crippen LogP contribution >= 0.6 is 0 Å². The number of nitrogens with zero attached hydrogens (tertiary/aromatic N) is 2. The zero-order valence-corrected chi connectivity index (χ0v) is 10.6. The first-order valence-electron chi connectivity index (χ1n) is 6.18. The highest BCUT2D eigenvalue weighted by atomic mass is 16.4. The Morgan fingerprint density at radius 3 is 3.05 bits per heavy atom. The number of carbonyl (C=O) groups is 1. The molecule has 0 bridgehead atoms. The normalized spacial score (nSPS) is 14.6. The minimum absolute atomic E-state index is 0.220. The third kappa shape index (κ3) is 2.31. The van der Waals surface area contributed by atoms with Gasteiger partial charge in [0.15, 0.2) is 5.69 Å². The molecule has 4 N–H and O–H groups in total. The number of nitrogens with two attached hydrogens (primary N) is 1. The van der Waals surface area contributed by atoms with Crippen molar-refractivity contribution < 1.29 is 9.21 Å². The highest BCUT2D eigenvalue weighted by molar-refractivity contribution is 5.97. The van der Waals surface area contributed by atoms with Crippen LogP contribution in [0.5, 0.6) is 0 Å². The standard InChI is InChI=1S/C12H15N5O2/c1-6-4-14-8(19-6)5-15-12(18)11-9(13)10(16-17-11)7-2-3-7/h4,7H,2-3,5,13H2,1H3,(H,15,18)(H,16,17). The number of hydrogen-bond acceptors (Lipinski definition) is 5. The van der Waals surface area contributed by atoms with Crippen molar-refractivity contribution in [3.63, 3.8) is 0 Å². The number of hydrogen-bond donors (Lipinski definition) is 3. The Labute approximate surface area is 109 Å². The second-order valence-electron chi connectivity index (χ2n) is 4.72. The quantitative estimate of drug-likeness (QED) is 0.763. The maximum absolute atomic E-state index is 12.0. The fourth-order valence-electron chi connectivity index (χ4n) is 1.94. The Balaban J connectivity index is 1.66. The van der Waals surface area contributed by atoms with Crippen LogP contribution in [0, 0.1) is 6.92 Å². The number of rotatable bonds is 4. The molecule has 0 aromatic carbocycles. The Bertz CT molecular complexity index is 611. The first kappa shape index (κ1) is 11.8. The third-order valence-corrected chi connectivity index (χ3v) is 3.10. The SMILES string of the molecule is Cc1cnc(CNC(=O)c2n[nH]c(C3CC3)c2N)o1. The van der Waals surface area contributed by atoms with E-state index in [0.717, 1.165) is 18.5 Å². The van der Waals surface area contributed by atoms with E-state index in [1.54, 1.807) is 13.1 Å². The number of oxazole rings is 1. The molecular weight excluding hydrogens is 246 g/mol. The predicted molar refractivity (Wildman–Crippen MR) is 67.4 cm³/mol. The summed E-state index contributed by atoms with van der Waals surface area (Å²) in [6, 6.07) is 0. The molecule has 1 amide bonds. The average molecular weight is 261 g/mol. The van der Waals surface area contributed by atoms with Crippen molar-refractivity contribution in [2.75, 3.05) is 5.73 Å². The Hall–Kier alpha value is -2.31. The van der Waals surface area contributed by atoms with Crippen LogP contribution in [-0.2, 0) is 6.54 Å². The molecule has 100 valence electrons. The molecule has 0 aliphatic heterocycles. The fraction of sp³-hybridized carbons (Fsp3) is 0.417. The first-order valence-corrected chi connectivity index (χ1v) is 6.18. The van der Waals surface area contributed by atoms with Crippen LogP contribution in [0.4, 0.5) is 5.69 Å². The smallest absolute Gasteiger partial charge is 0.274 e. The highest BCUT2D eigenvalue weighted by Crippen LogP contribution is 2.42. The molecule has 1 aliphatic carbocycles. The predicted octanol–water partition coefficient (Wildman–Crippen LogP) is 1.10. The molecular formula is C12H15N5O2. The summed E-state index contributed by atoms with van der Waals surface area (Å²) in [6.07, 6.45) is 3.81. The lowest BCUT2D eigenvalue weighted by Gasteiger charge is -2.01. The molecule has 2 aromatic heterocycles. The van der Waals surface area contributed by atoms with Gasteiger partial charge in [-0.1, -0.05) is 0 Å². The van der Waals surface area contributed by atoms with Gasteiger partial charge in [0.25, 0.3) is 5.91 Å². The van der Waals surface area contributed by atoms with E-state index in [9.17, 15) is 4.79 Å². The van der Waals surface area contributed by atoms with Crippen molar-refractivity contribution in [2.45, 2.75) is 32.2 Å². The van der Waals surface area contributed by atoms with Gasteiger partial charge in [-0.05, 0) is 19.8 Å². The summed E-state index contributed by atoms with van der Waals surface area (Å²) in [6.45, 7) is 2.02. The van der Waals surface area contributed by atoms with E-state index >= 15 is 0 Å². The molecule has 2 aromatic rings. The van der Waals surface area contributed by atoms with Crippen LogP contribution in [0.3, 0.4) is 0 Å². The van der Waals surface area contributed by atoms with Crippen LogP contribution in [-0.4, -0.2) is 21.1 Å². The summed E-state index contributed by atoms with van der Waals surface area (Å²) in [5.41, 5.74) is 7.49. The maximum Gasteiger partial charge on any atom is 0.274 e. The zero-order chi connectivity index (χ0) is 13.4. The summed E-state index contributed by atoms with van der Waals surface area (Å²) in [7, 11) is 0. The zero-order valence-electron chi connectivity index (χ0n) is 10.6. The van der Waals surface area contributed by atoms with E-state index < -0.39 is 0 Å². The molecule has 1 fully saturated rings. The molecule has 7 heteroatoms. The van der Waals surface area contributed by atoms with Gasteiger partial charge in [-0.2, -0.15) is 5.10 Å². The van der Waals surface area contributed by atoms with Crippen LogP contribution in [0.15, 0.2) is 10.6 Å². The van der Waals surface area contributed by atoms with Gasteiger partial charge in [0.2, 0.25) is 5.89 Å². The number of nitrogens with one attached hydrogen (secondary N) is 2. The second-order valence-corrected chi connectivity index (χ2v) is 4.72. The lowest BCUT2D eigenvalue weighted by atomic mass is 10.2.